The quantitative estimate of drug-likeness (QED) is 0.121. The minimum atomic E-state index is -2.06. The Morgan fingerprint density at radius 3 is 0.696 bits per heavy atom. The summed E-state index contributed by atoms with van der Waals surface area (Å²) in [6.07, 6.45) is 0. The summed E-state index contributed by atoms with van der Waals surface area (Å²) >= 11 is 1.06. The predicted molar refractivity (Wildman–Crippen MR) is 151 cm³/mol. The van der Waals surface area contributed by atoms with Gasteiger partial charge in [-0.15, -0.1) is 0 Å². The van der Waals surface area contributed by atoms with E-state index in [0.717, 1.165) is 17.4 Å². The predicted octanol–water partition coefficient (Wildman–Crippen LogP) is 1.25. The molecule has 0 aliphatic carbocycles. The molecule has 4 rings (SSSR count). The molecule has 0 aromatic heterocycles. The first kappa shape index (κ1) is 36.4. The van der Waals surface area contributed by atoms with Gasteiger partial charge in [0.15, 0.2) is 34.7 Å². The standard InChI is InChI=1S/2C17H12O5.O.V/c2*18-14(11-7-3-1-4-8-11)13(16(20)17(21)22)15(19)12-9-5-2-6-10-12;;/h2*1-10,13H,(H,21,22);;/q;;;+2/p-2. The first-order chi connectivity index (χ1) is 22.0. The van der Waals surface area contributed by atoms with Crippen LogP contribution in [0.1, 0.15) is 41.4 Å². The average Bonchev–Trinajstić information content (AvgIpc) is 3.10. The fourth-order valence-corrected chi connectivity index (χ4v) is 4.03. The van der Waals surface area contributed by atoms with Crippen molar-refractivity contribution in [1.82, 2.24) is 0 Å². The van der Waals surface area contributed by atoms with E-state index in [0.29, 0.717) is 0 Å². The molecule has 0 unspecified atom stereocenters. The zero-order chi connectivity index (χ0) is 34.2. The van der Waals surface area contributed by atoms with E-state index in [-0.39, 0.29) is 22.3 Å². The number of carbonyl (C=O) groups excluding carboxylic acids is 8. The molecule has 0 aliphatic heterocycles. The Balaban J connectivity index is 0.000000304. The van der Waals surface area contributed by atoms with E-state index in [4.69, 9.17) is 3.67 Å². The summed E-state index contributed by atoms with van der Waals surface area (Å²) in [4.78, 5) is 94.7. The minimum absolute atomic E-state index is 0.0892. The maximum atomic E-state index is 12.4. The molecule has 4 aromatic rings. The second kappa shape index (κ2) is 18.1. The molecule has 0 radical (unpaired) electrons. The van der Waals surface area contributed by atoms with Crippen molar-refractivity contribution >= 4 is 46.6 Å². The molecular formula is C34H22O11V. The molecule has 0 fully saturated rings. The molecule has 0 aliphatic rings. The van der Waals surface area contributed by atoms with Crippen molar-refractivity contribution in [2.45, 2.75) is 0 Å². The number of carboxylic acid groups (broad SMARTS) is 2. The van der Waals surface area contributed by atoms with Crippen LogP contribution in [0.2, 0.25) is 0 Å². The molecule has 4 aromatic carbocycles. The monoisotopic (exact) mass is 657 g/mol. The zero-order valence-electron chi connectivity index (χ0n) is 23.6. The summed E-state index contributed by atoms with van der Waals surface area (Å²) in [6.45, 7) is 0. The van der Waals surface area contributed by atoms with Gasteiger partial charge >= 0.3 is 21.0 Å². The van der Waals surface area contributed by atoms with Crippen molar-refractivity contribution in [2.24, 2.45) is 11.8 Å². The number of hydrogen-bond acceptors (Lipinski definition) is 11. The van der Waals surface area contributed by atoms with Gasteiger partial charge in [0.05, 0.1) is 0 Å². The van der Waals surface area contributed by atoms with E-state index in [1.165, 1.54) is 48.5 Å². The molecule has 12 heteroatoms. The fraction of sp³-hybridized carbons (Fsp3) is 0.0588. The van der Waals surface area contributed by atoms with Crippen LogP contribution < -0.4 is 10.2 Å². The van der Waals surface area contributed by atoms with Crippen molar-refractivity contribution in [2.75, 3.05) is 0 Å². The third-order valence-electron chi connectivity index (χ3n) is 6.21. The van der Waals surface area contributed by atoms with Crippen LogP contribution in [-0.4, -0.2) is 46.6 Å². The van der Waals surface area contributed by atoms with Gasteiger partial charge < -0.3 is 19.8 Å². The van der Waals surface area contributed by atoms with Gasteiger partial charge in [-0.25, -0.2) is 0 Å². The molecule has 0 amide bonds. The number of aliphatic carboxylic acids is 2. The molecule has 0 atom stereocenters. The third-order valence-corrected chi connectivity index (χ3v) is 6.21. The van der Waals surface area contributed by atoms with Crippen molar-refractivity contribution < 1.29 is 69.6 Å². The van der Waals surface area contributed by atoms with Gasteiger partial charge in [0.25, 0.3) is 0 Å². The Bertz CT molecular complexity index is 1490. The third kappa shape index (κ3) is 9.61. The summed E-state index contributed by atoms with van der Waals surface area (Å²) in [6, 6.07) is 30.4. The normalized spacial score (nSPS) is 9.91. The van der Waals surface area contributed by atoms with E-state index >= 15 is 0 Å². The topological polar surface area (TPSA) is 200 Å². The molecule has 0 saturated carbocycles. The summed E-state index contributed by atoms with van der Waals surface area (Å²) in [5.41, 5.74) is 0.357. The second-order valence-electron chi connectivity index (χ2n) is 9.09. The van der Waals surface area contributed by atoms with Gasteiger partial charge in [-0.05, 0) is 0 Å². The van der Waals surface area contributed by atoms with Crippen LogP contribution in [0.15, 0.2) is 121 Å². The number of hydrogen-bond donors (Lipinski definition) is 0. The number of carbonyl (C=O) groups is 8. The Morgan fingerprint density at radius 2 is 0.543 bits per heavy atom. The van der Waals surface area contributed by atoms with Gasteiger partial charge in [-0.3, -0.25) is 28.8 Å². The van der Waals surface area contributed by atoms with Crippen LogP contribution >= 0.6 is 0 Å². The van der Waals surface area contributed by atoms with Crippen LogP contribution in [0.4, 0.5) is 0 Å². The van der Waals surface area contributed by atoms with Gasteiger partial charge in [0.2, 0.25) is 0 Å². The van der Waals surface area contributed by atoms with Crippen LogP contribution in [0.25, 0.3) is 0 Å². The molecule has 0 N–H and O–H groups in total. The molecule has 0 heterocycles. The first-order valence-corrected chi connectivity index (χ1v) is 13.7. The molecule has 0 bridgehead atoms. The number of benzene rings is 4. The van der Waals surface area contributed by atoms with Crippen molar-refractivity contribution in [3.05, 3.63) is 144 Å². The Hall–Kier alpha value is -5.78. The van der Waals surface area contributed by atoms with E-state index in [9.17, 15) is 48.6 Å². The molecule has 11 nitrogen and oxygen atoms in total. The van der Waals surface area contributed by atoms with Crippen LogP contribution in [-0.2, 0) is 40.2 Å². The average molecular weight is 657 g/mol. The number of rotatable bonds is 12. The first-order valence-electron chi connectivity index (χ1n) is 13.1. The number of carboxylic acids is 2. The van der Waals surface area contributed by atoms with Gasteiger partial charge in [-0.2, -0.15) is 0 Å². The van der Waals surface area contributed by atoms with Crippen molar-refractivity contribution in [1.29, 1.82) is 0 Å². The molecule has 0 spiro atoms. The Kier molecular flexibility index (Phi) is 14.4. The van der Waals surface area contributed by atoms with Crippen molar-refractivity contribution in [3.8, 4) is 0 Å². The SMILES string of the molecule is O=C([O-])C(=O)C(C(=O)c1ccccc1)C(=O)c1ccccc1.O=C([O-])C(=O)C(C(=O)c1ccccc1)C(=O)c1ccccc1.[O]=[V+2]. The van der Waals surface area contributed by atoms with Gasteiger partial charge in [0, 0.05) is 22.3 Å². The van der Waals surface area contributed by atoms with Crippen LogP contribution in [0, 0.1) is 11.8 Å². The number of ketones is 6. The van der Waals surface area contributed by atoms with Crippen molar-refractivity contribution in [3.63, 3.8) is 0 Å². The van der Waals surface area contributed by atoms with Crippen LogP contribution in [0.3, 0.4) is 0 Å². The second-order valence-corrected chi connectivity index (χ2v) is 9.09. The van der Waals surface area contributed by atoms with E-state index in [1.807, 2.05) is 0 Å². The molecular weight excluding hydrogens is 635 g/mol. The zero-order valence-corrected chi connectivity index (χ0v) is 25.0. The van der Waals surface area contributed by atoms with E-state index in [1.54, 1.807) is 72.8 Å². The van der Waals surface area contributed by atoms with Gasteiger partial charge in [-0.1, -0.05) is 121 Å². The Labute approximate surface area is 271 Å². The summed E-state index contributed by atoms with van der Waals surface area (Å²) in [7, 11) is 0. The number of Topliss-reactive ketones (excluding diaryl/α,β-unsaturated/α-hetero) is 6. The molecule has 229 valence electrons. The summed E-state index contributed by atoms with van der Waals surface area (Å²) in [5.74, 6) is -14.5. The molecule has 0 saturated heterocycles. The van der Waals surface area contributed by atoms with Gasteiger partial charge in [0.1, 0.15) is 23.8 Å². The van der Waals surface area contributed by atoms with Crippen LogP contribution in [0.5, 0.6) is 0 Å². The van der Waals surface area contributed by atoms with E-state index in [2.05, 4.69) is 0 Å². The fourth-order valence-electron chi connectivity index (χ4n) is 4.03. The maximum absolute atomic E-state index is 12.4. The Morgan fingerprint density at radius 1 is 0.370 bits per heavy atom. The summed E-state index contributed by atoms with van der Waals surface area (Å²) < 4.78 is 8.19. The summed E-state index contributed by atoms with van der Waals surface area (Å²) in [5, 5.41) is 21.7. The molecule has 46 heavy (non-hydrogen) atoms. The van der Waals surface area contributed by atoms with E-state index < -0.39 is 58.5 Å².